The van der Waals surface area contributed by atoms with Crippen LogP contribution in [0.2, 0.25) is 0 Å². The summed E-state index contributed by atoms with van der Waals surface area (Å²) in [5.74, 6) is -0.222. The average molecular weight is 311 g/mol. The summed E-state index contributed by atoms with van der Waals surface area (Å²) in [5.41, 5.74) is 6.23. The molecule has 1 nitrogen and oxygen atoms in total. The SMILES string of the molecule is CC(N)Cc1cc(Br)cc(Br)c1F. The van der Waals surface area contributed by atoms with Gasteiger partial charge in [-0.05, 0) is 47.0 Å². The predicted octanol–water partition coefficient (Wildman–Crippen LogP) is 3.24. The molecule has 0 saturated carbocycles. The lowest BCUT2D eigenvalue weighted by atomic mass is 10.1. The van der Waals surface area contributed by atoms with Crippen LogP contribution in [-0.2, 0) is 6.42 Å². The van der Waals surface area contributed by atoms with Crippen LogP contribution in [0.4, 0.5) is 4.39 Å². The molecule has 1 rings (SSSR count). The summed E-state index contributed by atoms with van der Waals surface area (Å²) in [6.07, 6.45) is 0.546. The first kappa shape index (κ1) is 11.1. The predicted molar refractivity (Wildman–Crippen MR) is 59.2 cm³/mol. The molecule has 1 aromatic carbocycles. The maximum Gasteiger partial charge on any atom is 0.140 e. The molecule has 0 radical (unpaired) electrons. The quantitative estimate of drug-likeness (QED) is 0.834. The van der Waals surface area contributed by atoms with Crippen molar-refractivity contribution in [1.82, 2.24) is 0 Å². The van der Waals surface area contributed by atoms with Gasteiger partial charge in [0.25, 0.3) is 0 Å². The Morgan fingerprint density at radius 1 is 1.46 bits per heavy atom. The fourth-order valence-corrected chi connectivity index (χ4v) is 2.42. The maximum atomic E-state index is 13.4. The van der Waals surface area contributed by atoms with Gasteiger partial charge in [0.1, 0.15) is 5.82 Å². The van der Waals surface area contributed by atoms with E-state index < -0.39 is 0 Å². The second kappa shape index (κ2) is 4.53. The van der Waals surface area contributed by atoms with E-state index in [2.05, 4.69) is 31.9 Å². The second-order valence-electron chi connectivity index (χ2n) is 3.04. The molecule has 0 bridgehead atoms. The Kier molecular flexibility index (Phi) is 3.88. The summed E-state index contributed by atoms with van der Waals surface area (Å²) < 4.78 is 14.7. The largest absolute Gasteiger partial charge is 0.328 e. The van der Waals surface area contributed by atoms with Crippen LogP contribution in [-0.4, -0.2) is 6.04 Å². The number of halogens is 3. The third-order valence-electron chi connectivity index (χ3n) is 1.61. The summed E-state index contributed by atoms with van der Waals surface area (Å²) >= 11 is 6.44. The molecule has 0 aliphatic rings. The van der Waals surface area contributed by atoms with Crippen molar-refractivity contribution in [1.29, 1.82) is 0 Å². The molecule has 2 N–H and O–H groups in total. The fourth-order valence-electron chi connectivity index (χ4n) is 1.10. The van der Waals surface area contributed by atoms with Crippen molar-refractivity contribution < 1.29 is 4.39 Å². The minimum atomic E-state index is -0.222. The van der Waals surface area contributed by atoms with Crippen LogP contribution in [0.15, 0.2) is 21.1 Å². The molecular formula is C9H10Br2FN. The van der Waals surface area contributed by atoms with Crippen molar-refractivity contribution >= 4 is 31.9 Å². The molecule has 72 valence electrons. The summed E-state index contributed by atoms with van der Waals surface area (Å²) in [6.45, 7) is 1.86. The van der Waals surface area contributed by atoms with Crippen LogP contribution in [0.5, 0.6) is 0 Å². The molecule has 0 spiro atoms. The van der Waals surface area contributed by atoms with E-state index in [1.54, 1.807) is 12.1 Å². The van der Waals surface area contributed by atoms with Crippen LogP contribution >= 0.6 is 31.9 Å². The van der Waals surface area contributed by atoms with E-state index in [0.717, 1.165) is 4.47 Å². The normalized spacial score (nSPS) is 13.0. The molecule has 0 amide bonds. The molecule has 4 heteroatoms. The third kappa shape index (κ3) is 3.04. The number of hydrogen-bond donors (Lipinski definition) is 1. The first-order chi connectivity index (χ1) is 6.00. The lowest BCUT2D eigenvalue weighted by Crippen LogP contribution is -2.18. The van der Waals surface area contributed by atoms with E-state index in [4.69, 9.17) is 5.73 Å². The van der Waals surface area contributed by atoms with E-state index in [1.807, 2.05) is 6.92 Å². The number of rotatable bonds is 2. The van der Waals surface area contributed by atoms with Crippen LogP contribution in [0.3, 0.4) is 0 Å². The highest BCUT2D eigenvalue weighted by atomic mass is 79.9. The molecule has 1 unspecified atom stereocenters. The van der Waals surface area contributed by atoms with Crippen LogP contribution in [0.1, 0.15) is 12.5 Å². The first-order valence-corrected chi connectivity index (χ1v) is 5.48. The Morgan fingerprint density at radius 2 is 2.08 bits per heavy atom. The van der Waals surface area contributed by atoms with Gasteiger partial charge in [-0.25, -0.2) is 4.39 Å². The molecule has 0 aliphatic heterocycles. The van der Waals surface area contributed by atoms with Gasteiger partial charge in [0.05, 0.1) is 4.47 Å². The van der Waals surface area contributed by atoms with Crippen molar-refractivity contribution in [2.24, 2.45) is 5.73 Å². The Morgan fingerprint density at radius 3 is 2.62 bits per heavy atom. The van der Waals surface area contributed by atoms with Gasteiger partial charge in [0.15, 0.2) is 0 Å². The van der Waals surface area contributed by atoms with Crippen molar-refractivity contribution in [3.8, 4) is 0 Å². The van der Waals surface area contributed by atoms with E-state index in [0.29, 0.717) is 16.5 Å². The monoisotopic (exact) mass is 309 g/mol. The van der Waals surface area contributed by atoms with E-state index >= 15 is 0 Å². The maximum absolute atomic E-state index is 13.4. The fraction of sp³-hybridized carbons (Fsp3) is 0.333. The standard InChI is InChI=1S/C9H10Br2FN/c1-5(13)2-6-3-7(10)4-8(11)9(6)12/h3-5H,2,13H2,1H3. The van der Waals surface area contributed by atoms with Crippen molar-refractivity contribution in [2.75, 3.05) is 0 Å². The number of hydrogen-bond acceptors (Lipinski definition) is 1. The van der Waals surface area contributed by atoms with Gasteiger partial charge in [0.2, 0.25) is 0 Å². The molecule has 0 saturated heterocycles. The summed E-state index contributed by atoms with van der Waals surface area (Å²) in [5, 5.41) is 0. The minimum Gasteiger partial charge on any atom is -0.328 e. The summed E-state index contributed by atoms with van der Waals surface area (Å²) in [7, 11) is 0. The Hall–Kier alpha value is 0.0700. The topological polar surface area (TPSA) is 26.0 Å². The van der Waals surface area contributed by atoms with E-state index in [-0.39, 0.29) is 11.9 Å². The Bertz CT molecular complexity index is 313. The van der Waals surface area contributed by atoms with Gasteiger partial charge in [0, 0.05) is 10.5 Å². The zero-order chi connectivity index (χ0) is 10.0. The minimum absolute atomic E-state index is 0.0318. The first-order valence-electron chi connectivity index (χ1n) is 3.89. The summed E-state index contributed by atoms with van der Waals surface area (Å²) in [4.78, 5) is 0. The van der Waals surface area contributed by atoms with Crippen LogP contribution < -0.4 is 5.73 Å². The van der Waals surface area contributed by atoms with Gasteiger partial charge in [-0.15, -0.1) is 0 Å². The smallest absolute Gasteiger partial charge is 0.140 e. The molecule has 0 aliphatic carbocycles. The highest BCUT2D eigenvalue weighted by molar-refractivity contribution is 9.11. The lowest BCUT2D eigenvalue weighted by molar-refractivity contribution is 0.589. The third-order valence-corrected chi connectivity index (χ3v) is 2.65. The average Bonchev–Trinajstić information content (AvgIpc) is 1.98. The molecule has 0 heterocycles. The highest BCUT2D eigenvalue weighted by Gasteiger charge is 2.09. The van der Waals surface area contributed by atoms with Gasteiger partial charge in [-0.3, -0.25) is 0 Å². The Balaban J connectivity index is 3.05. The van der Waals surface area contributed by atoms with Gasteiger partial charge in [-0.2, -0.15) is 0 Å². The summed E-state index contributed by atoms with van der Waals surface area (Å²) in [6, 6.07) is 3.40. The Labute approximate surface area is 93.8 Å². The lowest BCUT2D eigenvalue weighted by Gasteiger charge is -2.08. The van der Waals surface area contributed by atoms with Crippen molar-refractivity contribution in [2.45, 2.75) is 19.4 Å². The highest BCUT2D eigenvalue weighted by Crippen LogP contribution is 2.25. The molecule has 1 aromatic rings. The molecule has 0 fully saturated rings. The molecule has 0 aromatic heterocycles. The van der Waals surface area contributed by atoms with Crippen molar-refractivity contribution in [3.63, 3.8) is 0 Å². The van der Waals surface area contributed by atoms with Crippen molar-refractivity contribution in [3.05, 3.63) is 32.5 Å². The zero-order valence-corrected chi connectivity index (χ0v) is 10.3. The van der Waals surface area contributed by atoms with Crippen LogP contribution in [0, 0.1) is 5.82 Å². The number of benzene rings is 1. The van der Waals surface area contributed by atoms with Gasteiger partial charge in [-0.1, -0.05) is 15.9 Å². The van der Waals surface area contributed by atoms with Crippen LogP contribution in [0.25, 0.3) is 0 Å². The van der Waals surface area contributed by atoms with E-state index in [1.165, 1.54) is 0 Å². The zero-order valence-electron chi connectivity index (χ0n) is 7.15. The molecular weight excluding hydrogens is 301 g/mol. The second-order valence-corrected chi connectivity index (χ2v) is 4.81. The molecule has 1 atom stereocenters. The van der Waals surface area contributed by atoms with Gasteiger partial charge >= 0.3 is 0 Å². The molecule has 13 heavy (non-hydrogen) atoms. The van der Waals surface area contributed by atoms with E-state index in [9.17, 15) is 4.39 Å². The number of nitrogens with two attached hydrogens (primary N) is 1. The van der Waals surface area contributed by atoms with Gasteiger partial charge < -0.3 is 5.73 Å².